The topological polar surface area (TPSA) is 0 Å². The minimum absolute atomic E-state index is 1.21. The molecule has 0 N–H and O–H groups in total. The van der Waals surface area contributed by atoms with Gasteiger partial charge in [0, 0.05) is 0 Å². The van der Waals surface area contributed by atoms with Gasteiger partial charge in [0.2, 0.25) is 0 Å². The van der Waals surface area contributed by atoms with Crippen molar-refractivity contribution in [2.24, 2.45) is 0 Å². The molecule has 0 spiro atoms. The number of hydrogen-bond acceptors (Lipinski definition) is 0. The third-order valence-corrected chi connectivity index (χ3v) is 15.6. The van der Waals surface area contributed by atoms with E-state index in [1.165, 1.54) is 155 Å². The van der Waals surface area contributed by atoms with Crippen molar-refractivity contribution >= 4 is 32.3 Å². The Bertz CT molecular complexity index is 4340. The summed E-state index contributed by atoms with van der Waals surface area (Å²) in [5.41, 5.74) is 27.7. The normalized spacial score (nSPS) is 11.9. The first kappa shape index (κ1) is 40.5. The van der Waals surface area contributed by atoms with Gasteiger partial charge in [0.15, 0.2) is 0 Å². The van der Waals surface area contributed by atoms with E-state index in [-0.39, 0.29) is 0 Å². The van der Waals surface area contributed by atoms with E-state index in [4.69, 9.17) is 0 Å². The van der Waals surface area contributed by atoms with Crippen LogP contribution in [0.4, 0.5) is 0 Å². The lowest BCUT2D eigenvalue weighted by Gasteiger charge is -2.21. The number of fused-ring (bicyclic) bond motifs is 7. The van der Waals surface area contributed by atoms with Gasteiger partial charge in [0.1, 0.15) is 0 Å². The number of hydrogen-bond donors (Lipinski definition) is 0. The average molecular weight is 909 g/mol. The molecule has 2 aliphatic carbocycles. The highest BCUT2D eigenvalue weighted by Crippen LogP contribution is 2.60. The SMILES string of the molecule is c1ccc(-c2cccc(-c3ccc(-c4ccccc4)c4c3-c3ccc(-c5ccc6c7c(cccc57)-c5c-6c(-c6cccc(-c7ccccc7)c6)c6ccccc6c5-c5ccccc5)c5cccc-4c35)c2)cc1. The summed E-state index contributed by atoms with van der Waals surface area (Å²) in [4.78, 5) is 0. The Balaban J connectivity index is 0.971. The molecule has 0 saturated heterocycles. The standard InChI is InChI=1S/C72H44/c1-5-19-45(20-6-1)49-27-15-29-51(43-49)54-38-37-53(47-23-9-3-10-24-47)69-61-35-17-33-57-55(39-41-63(67(57)61)70(54)69)56-40-42-64-68-58(56)34-18-36-62(68)71-65(48-25-11-4-12-26-48)59-31-13-14-32-60(59)66(72(64)71)52-30-16-28-50(44-52)46-21-7-2-8-22-46/h1-44H. The molecule has 0 aliphatic heterocycles. The minimum Gasteiger partial charge on any atom is -0.0622 e. The van der Waals surface area contributed by atoms with Crippen LogP contribution in [0.15, 0.2) is 267 Å². The Morgan fingerprint density at radius 3 is 1.00 bits per heavy atom. The molecular weight excluding hydrogens is 865 g/mol. The lowest BCUT2D eigenvalue weighted by molar-refractivity contribution is 1.57. The minimum atomic E-state index is 1.21. The van der Waals surface area contributed by atoms with Crippen LogP contribution in [-0.4, -0.2) is 0 Å². The highest BCUT2D eigenvalue weighted by molar-refractivity contribution is 6.30. The second kappa shape index (κ2) is 16.1. The van der Waals surface area contributed by atoms with Gasteiger partial charge in [-0.25, -0.2) is 0 Å². The molecule has 72 heavy (non-hydrogen) atoms. The molecule has 0 aromatic heterocycles. The summed E-state index contributed by atoms with van der Waals surface area (Å²) in [7, 11) is 0. The van der Waals surface area contributed by atoms with Gasteiger partial charge in [0.25, 0.3) is 0 Å². The zero-order chi connectivity index (χ0) is 47.3. The molecule has 0 unspecified atom stereocenters. The van der Waals surface area contributed by atoms with Gasteiger partial charge in [-0.15, -0.1) is 0 Å². The van der Waals surface area contributed by atoms with E-state index in [9.17, 15) is 0 Å². The third-order valence-electron chi connectivity index (χ3n) is 15.6. The Labute approximate surface area is 419 Å². The van der Waals surface area contributed by atoms with E-state index < -0.39 is 0 Å². The van der Waals surface area contributed by atoms with E-state index in [0.29, 0.717) is 0 Å². The molecule has 0 saturated carbocycles. The van der Waals surface area contributed by atoms with Crippen LogP contribution in [0, 0.1) is 0 Å². The maximum atomic E-state index is 2.43. The van der Waals surface area contributed by atoms with Crippen LogP contribution in [0.2, 0.25) is 0 Å². The van der Waals surface area contributed by atoms with Crippen LogP contribution in [0.1, 0.15) is 0 Å². The molecule has 0 nitrogen and oxygen atoms in total. The number of benzene rings is 13. The van der Waals surface area contributed by atoms with Crippen molar-refractivity contribution in [3.8, 4) is 122 Å². The zero-order valence-corrected chi connectivity index (χ0v) is 39.4. The molecular formula is C72H44. The fourth-order valence-electron chi connectivity index (χ4n) is 12.5. The van der Waals surface area contributed by atoms with Crippen LogP contribution < -0.4 is 0 Å². The predicted octanol–water partition coefficient (Wildman–Crippen LogP) is 20.1. The first-order valence-corrected chi connectivity index (χ1v) is 25.1. The van der Waals surface area contributed by atoms with Gasteiger partial charge in [-0.05, 0) is 167 Å². The van der Waals surface area contributed by atoms with Crippen molar-refractivity contribution in [2.45, 2.75) is 0 Å². The summed E-state index contributed by atoms with van der Waals surface area (Å²) < 4.78 is 0. The van der Waals surface area contributed by atoms with Crippen molar-refractivity contribution in [2.75, 3.05) is 0 Å². The smallest absolute Gasteiger partial charge is 0.000741 e. The molecule has 2 aliphatic rings. The van der Waals surface area contributed by atoms with Gasteiger partial charge in [-0.2, -0.15) is 0 Å². The second-order valence-corrected chi connectivity index (χ2v) is 19.4. The Morgan fingerprint density at radius 2 is 0.458 bits per heavy atom. The zero-order valence-electron chi connectivity index (χ0n) is 39.4. The van der Waals surface area contributed by atoms with E-state index in [0.717, 1.165) is 0 Å². The van der Waals surface area contributed by atoms with Crippen molar-refractivity contribution in [3.63, 3.8) is 0 Å². The highest BCUT2D eigenvalue weighted by atomic mass is 14.4. The summed E-state index contributed by atoms with van der Waals surface area (Å²) in [6, 6.07) is 99.2. The summed E-state index contributed by atoms with van der Waals surface area (Å²) in [5.74, 6) is 0. The van der Waals surface area contributed by atoms with Gasteiger partial charge < -0.3 is 0 Å². The van der Waals surface area contributed by atoms with Gasteiger partial charge in [-0.3, -0.25) is 0 Å². The van der Waals surface area contributed by atoms with Crippen molar-refractivity contribution in [3.05, 3.63) is 267 Å². The molecule has 0 heterocycles. The van der Waals surface area contributed by atoms with Crippen LogP contribution in [0.3, 0.4) is 0 Å². The average Bonchev–Trinajstić information content (AvgIpc) is 3.98. The number of rotatable bonds is 7. The quantitative estimate of drug-likeness (QED) is 0.149. The largest absolute Gasteiger partial charge is 0.0622 e. The molecule has 0 radical (unpaired) electrons. The van der Waals surface area contributed by atoms with Crippen LogP contribution in [0.25, 0.3) is 155 Å². The maximum Gasteiger partial charge on any atom is -0.000741 e. The Hall–Kier alpha value is -9.36. The first-order valence-electron chi connectivity index (χ1n) is 25.1. The van der Waals surface area contributed by atoms with Gasteiger partial charge >= 0.3 is 0 Å². The van der Waals surface area contributed by atoms with Crippen molar-refractivity contribution < 1.29 is 0 Å². The van der Waals surface area contributed by atoms with Crippen LogP contribution >= 0.6 is 0 Å². The molecule has 13 aromatic carbocycles. The van der Waals surface area contributed by atoms with Crippen molar-refractivity contribution in [1.29, 1.82) is 0 Å². The molecule has 332 valence electrons. The Kier molecular flexibility index (Phi) is 9.06. The molecule has 15 rings (SSSR count). The van der Waals surface area contributed by atoms with E-state index in [1.807, 2.05) is 0 Å². The molecule has 13 aromatic rings. The van der Waals surface area contributed by atoms with Crippen LogP contribution in [-0.2, 0) is 0 Å². The monoisotopic (exact) mass is 908 g/mol. The molecule has 0 fully saturated rings. The fourth-order valence-corrected chi connectivity index (χ4v) is 12.5. The van der Waals surface area contributed by atoms with E-state index >= 15 is 0 Å². The summed E-state index contributed by atoms with van der Waals surface area (Å²) >= 11 is 0. The Morgan fingerprint density at radius 1 is 0.139 bits per heavy atom. The van der Waals surface area contributed by atoms with Crippen LogP contribution in [0.5, 0.6) is 0 Å². The maximum absolute atomic E-state index is 2.43. The summed E-state index contributed by atoms with van der Waals surface area (Å²) in [6.07, 6.45) is 0. The molecule has 0 heteroatoms. The highest BCUT2D eigenvalue weighted by Gasteiger charge is 2.33. The second-order valence-electron chi connectivity index (χ2n) is 19.4. The molecule has 0 amide bonds. The fraction of sp³-hybridized carbons (Fsp3) is 0. The summed E-state index contributed by atoms with van der Waals surface area (Å²) in [6.45, 7) is 0. The van der Waals surface area contributed by atoms with Gasteiger partial charge in [-0.1, -0.05) is 255 Å². The summed E-state index contributed by atoms with van der Waals surface area (Å²) in [5, 5.41) is 7.71. The lowest BCUT2D eigenvalue weighted by atomic mass is 9.82. The first-order chi connectivity index (χ1) is 35.8. The molecule has 0 bridgehead atoms. The van der Waals surface area contributed by atoms with E-state index in [1.54, 1.807) is 0 Å². The predicted molar refractivity (Wildman–Crippen MR) is 306 cm³/mol. The lowest BCUT2D eigenvalue weighted by Crippen LogP contribution is -1.93. The third kappa shape index (κ3) is 6.06. The molecule has 0 atom stereocenters. The van der Waals surface area contributed by atoms with Crippen molar-refractivity contribution in [1.82, 2.24) is 0 Å². The van der Waals surface area contributed by atoms with E-state index in [2.05, 4.69) is 267 Å². The van der Waals surface area contributed by atoms with Gasteiger partial charge in [0.05, 0.1) is 0 Å².